The van der Waals surface area contributed by atoms with E-state index in [0.29, 0.717) is 18.4 Å². The number of hydrogen-bond donors (Lipinski definition) is 1. The normalized spacial score (nSPS) is 18.3. The summed E-state index contributed by atoms with van der Waals surface area (Å²) >= 11 is 0. The maximum absolute atomic E-state index is 13.9. The van der Waals surface area contributed by atoms with E-state index < -0.39 is 17.3 Å². The maximum Gasteiger partial charge on any atom is 0.255 e. The molecule has 106 valence electrons. The van der Waals surface area contributed by atoms with Crippen molar-refractivity contribution in [2.75, 3.05) is 20.1 Å². The molecular formula is C15H18FN3O. The van der Waals surface area contributed by atoms with Crippen molar-refractivity contribution in [2.24, 2.45) is 0 Å². The number of carbonyl (C=O) groups excluding carboxylic acids is 1. The Bertz CT molecular complexity index is 557. The molecule has 0 atom stereocenters. The summed E-state index contributed by atoms with van der Waals surface area (Å²) in [5.41, 5.74) is -0.467. The van der Waals surface area contributed by atoms with Crippen molar-refractivity contribution in [3.8, 4) is 6.07 Å². The monoisotopic (exact) mass is 275 g/mol. The molecule has 1 amide bonds. The second-order valence-electron chi connectivity index (χ2n) is 5.39. The molecule has 1 heterocycles. The lowest BCUT2D eigenvalue weighted by Crippen LogP contribution is -2.53. The van der Waals surface area contributed by atoms with Gasteiger partial charge in [0.1, 0.15) is 11.4 Å². The Morgan fingerprint density at radius 3 is 2.70 bits per heavy atom. The number of rotatable bonds is 2. The van der Waals surface area contributed by atoms with E-state index in [-0.39, 0.29) is 5.56 Å². The number of piperidine rings is 1. The minimum atomic E-state index is -0.889. The molecule has 5 heteroatoms. The minimum absolute atomic E-state index is 0.00134. The predicted octanol–water partition coefficient (Wildman–Crippen LogP) is 1.85. The van der Waals surface area contributed by atoms with Crippen LogP contribution >= 0.6 is 0 Å². The van der Waals surface area contributed by atoms with Gasteiger partial charge < -0.3 is 10.2 Å². The largest absolute Gasteiger partial charge is 0.334 e. The van der Waals surface area contributed by atoms with Crippen LogP contribution in [-0.4, -0.2) is 36.5 Å². The van der Waals surface area contributed by atoms with Crippen LogP contribution < -0.4 is 5.32 Å². The maximum atomic E-state index is 13.9. The lowest BCUT2D eigenvalue weighted by molar-refractivity contribution is 0.0877. The molecule has 1 aliphatic rings. The quantitative estimate of drug-likeness (QED) is 0.896. The molecule has 2 rings (SSSR count). The SMILES string of the molecule is Cc1cccc(C(=O)NC2(C#N)CCN(C)CC2)c1F. The Hall–Kier alpha value is -1.93. The molecule has 1 saturated heterocycles. The third kappa shape index (κ3) is 2.81. The first kappa shape index (κ1) is 14.5. The second kappa shape index (κ2) is 5.59. The molecule has 0 radical (unpaired) electrons. The van der Waals surface area contributed by atoms with Crippen LogP contribution in [0.5, 0.6) is 0 Å². The van der Waals surface area contributed by atoms with Crippen LogP contribution in [0.15, 0.2) is 18.2 Å². The van der Waals surface area contributed by atoms with E-state index >= 15 is 0 Å². The van der Waals surface area contributed by atoms with E-state index in [0.717, 1.165) is 13.1 Å². The fraction of sp³-hybridized carbons (Fsp3) is 0.467. The van der Waals surface area contributed by atoms with Gasteiger partial charge in [-0.1, -0.05) is 12.1 Å². The third-order valence-electron chi connectivity index (χ3n) is 3.84. The zero-order valence-corrected chi connectivity index (χ0v) is 11.7. The fourth-order valence-corrected chi connectivity index (χ4v) is 2.37. The summed E-state index contributed by atoms with van der Waals surface area (Å²) in [6.07, 6.45) is 1.11. The lowest BCUT2D eigenvalue weighted by atomic mass is 9.88. The van der Waals surface area contributed by atoms with E-state index in [4.69, 9.17) is 0 Å². The Labute approximate surface area is 118 Å². The molecule has 1 aromatic rings. The van der Waals surface area contributed by atoms with Gasteiger partial charge in [0, 0.05) is 13.1 Å². The summed E-state index contributed by atoms with van der Waals surface area (Å²) in [6.45, 7) is 3.09. The number of benzene rings is 1. The Kier molecular flexibility index (Phi) is 4.05. The zero-order valence-electron chi connectivity index (χ0n) is 11.7. The summed E-state index contributed by atoms with van der Waals surface area (Å²) in [5, 5.41) is 12.1. The first-order chi connectivity index (χ1) is 9.47. The molecule has 0 aromatic heterocycles. The van der Waals surface area contributed by atoms with Crippen LogP contribution in [0.1, 0.15) is 28.8 Å². The average molecular weight is 275 g/mol. The van der Waals surface area contributed by atoms with Crippen LogP contribution in [0.3, 0.4) is 0 Å². The van der Waals surface area contributed by atoms with Gasteiger partial charge in [0.15, 0.2) is 0 Å². The van der Waals surface area contributed by atoms with Gasteiger partial charge in [-0.15, -0.1) is 0 Å². The summed E-state index contributed by atoms with van der Waals surface area (Å²) in [4.78, 5) is 14.3. The number of nitriles is 1. The molecule has 1 aliphatic heterocycles. The number of nitrogens with one attached hydrogen (secondary N) is 1. The van der Waals surface area contributed by atoms with Crippen LogP contribution in [-0.2, 0) is 0 Å². The number of halogens is 1. The van der Waals surface area contributed by atoms with Crippen LogP contribution in [0, 0.1) is 24.1 Å². The second-order valence-corrected chi connectivity index (χ2v) is 5.39. The highest BCUT2D eigenvalue weighted by Crippen LogP contribution is 2.22. The fourth-order valence-electron chi connectivity index (χ4n) is 2.37. The third-order valence-corrected chi connectivity index (χ3v) is 3.84. The molecule has 0 saturated carbocycles. The molecule has 1 N–H and O–H groups in total. The highest BCUT2D eigenvalue weighted by Gasteiger charge is 2.36. The summed E-state index contributed by atoms with van der Waals surface area (Å²) in [7, 11) is 1.98. The summed E-state index contributed by atoms with van der Waals surface area (Å²) < 4.78 is 13.9. The zero-order chi connectivity index (χ0) is 14.8. The van der Waals surface area contributed by atoms with Crippen molar-refractivity contribution in [3.63, 3.8) is 0 Å². The van der Waals surface area contributed by atoms with Crippen molar-refractivity contribution in [1.29, 1.82) is 5.26 Å². The van der Waals surface area contributed by atoms with Crippen LogP contribution in [0.2, 0.25) is 0 Å². The highest BCUT2D eigenvalue weighted by molar-refractivity contribution is 5.95. The van der Waals surface area contributed by atoms with Gasteiger partial charge in [0.2, 0.25) is 0 Å². The molecule has 0 aliphatic carbocycles. The molecule has 20 heavy (non-hydrogen) atoms. The van der Waals surface area contributed by atoms with Gasteiger partial charge in [0.05, 0.1) is 11.6 Å². The van der Waals surface area contributed by atoms with Gasteiger partial charge in [-0.25, -0.2) is 4.39 Å². The topological polar surface area (TPSA) is 56.1 Å². The van der Waals surface area contributed by atoms with Crippen molar-refractivity contribution in [3.05, 3.63) is 35.1 Å². The molecule has 0 unspecified atom stereocenters. The van der Waals surface area contributed by atoms with Gasteiger partial charge in [-0.05, 0) is 38.4 Å². The number of aryl methyl sites for hydroxylation is 1. The standard InChI is InChI=1S/C15H18FN3O/c1-11-4-3-5-12(13(11)16)14(20)18-15(10-17)6-8-19(2)9-7-15/h3-5H,6-9H2,1-2H3,(H,18,20). The minimum Gasteiger partial charge on any atom is -0.334 e. The van der Waals surface area contributed by atoms with Crippen molar-refractivity contribution in [2.45, 2.75) is 25.3 Å². The van der Waals surface area contributed by atoms with E-state index in [2.05, 4.69) is 16.3 Å². The van der Waals surface area contributed by atoms with Gasteiger partial charge in [0.25, 0.3) is 5.91 Å². The van der Waals surface area contributed by atoms with Crippen LogP contribution in [0.25, 0.3) is 0 Å². The van der Waals surface area contributed by atoms with E-state index in [9.17, 15) is 14.4 Å². The van der Waals surface area contributed by atoms with Crippen molar-refractivity contribution in [1.82, 2.24) is 10.2 Å². The first-order valence-electron chi connectivity index (χ1n) is 6.65. The molecule has 4 nitrogen and oxygen atoms in total. The smallest absolute Gasteiger partial charge is 0.255 e. The summed E-state index contributed by atoms with van der Waals surface area (Å²) in [5.74, 6) is -1.04. The molecule has 1 aromatic carbocycles. The highest BCUT2D eigenvalue weighted by atomic mass is 19.1. The predicted molar refractivity (Wildman–Crippen MR) is 73.7 cm³/mol. The lowest BCUT2D eigenvalue weighted by Gasteiger charge is -2.36. The molecule has 0 bridgehead atoms. The Morgan fingerprint density at radius 1 is 1.45 bits per heavy atom. The number of amides is 1. The van der Waals surface area contributed by atoms with E-state index in [1.165, 1.54) is 6.07 Å². The van der Waals surface area contributed by atoms with E-state index in [1.807, 2.05) is 7.05 Å². The van der Waals surface area contributed by atoms with Crippen molar-refractivity contribution >= 4 is 5.91 Å². The number of nitrogens with zero attached hydrogens (tertiary/aromatic N) is 2. The number of likely N-dealkylation sites (tertiary alicyclic amines) is 1. The molecule has 0 spiro atoms. The van der Waals surface area contributed by atoms with Gasteiger partial charge >= 0.3 is 0 Å². The first-order valence-corrected chi connectivity index (χ1v) is 6.65. The Balaban J connectivity index is 2.18. The van der Waals surface area contributed by atoms with E-state index in [1.54, 1.807) is 19.1 Å². The van der Waals surface area contributed by atoms with Crippen LogP contribution in [0.4, 0.5) is 4.39 Å². The van der Waals surface area contributed by atoms with Gasteiger partial charge in [-0.2, -0.15) is 5.26 Å². The van der Waals surface area contributed by atoms with Gasteiger partial charge in [-0.3, -0.25) is 4.79 Å². The average Bonchev–Trinajstić information content (AvgIpc) is 2.44. The number of carbonyl (C=O) groups is 1. The molecule has 1 fully saturated rings. The summed E-state index contributed by atoms with van der Waals surface area (Å²) in [6, 6.07) is 6.89. The van der Waals surface area contributed by atoms with Crippen molar-refractivity contribution < 1.29 is 9.18 Å². The number of hydrogen-bond acceptors (Lipinski definition) is 3. The molecular weight excluding hydrogens is 257 g/mol. The Morgan fingerprint density at radius 2 is 2.10 bits per heavy atom.